The maximum Gasteiger partial charge on any atom is 0.173 e. The number of aliphatic hydroxyl groups excluding tert-OH is 1. The maximum absolute atomic E-state index is 10.3. The zero-order chi connectivity index (χ0) is 24.2. The van der Waals surface area contributed by atoms with Crippen LogP contribution in [-0.4, -0.2) is 68.0 Å². The molecule has 7 rings (SSSR count). The first-order valence-corrected chi connectivity index (χ1v) is 13.4. The van der Waals surface area contributed by atoms with E-state index in [1.54, 1.807) is 7.11 Å². The number of aliphatic hydroxyl groups is 1. The SMILES string of the molecule is CO[C@H]1C[C@H](O[C@@H]2C=C3C=CC4=C5O[C@@H]6CO[C@]7(C)OC[C@@]5(CC[C@@H]4[C@@]3(C)CC2)[C@H]67)O[C@H](C)[C@H]1O. The molecule has 4 aliphatic heterocycles. The van der Waals surface area contributed by atoms with Crippen LogP contribution < -0.4 is 0 Å². The second-order valence-electron chi connectivity index (χ2n) is 12.1. The molecule has 3 aliphatic carbocycles. The van der Waals surface area contributed by atoms with E-state index in [4.69, 9.17) is 28.4 Å². The first kappa shape index (κ1) is 22.9. The van der Waals surface area contributed by atoms with E-state index in [0.29, 0.717) is 31.5 Å². The highest BCUT2D eigenvalue weighted by Crippen LogP contribution is 2.68. The van der Waals surface area contributed by atoms with Gasteiger partial charge >= 0.3 is 0 Å². The van der Waals surface area contributed by atoms with Crippen LogP contribution in [0.15, 0.2) is 35.1 Å². The Kier molecular flexibility index (Phi) is 5.01. The molecule has 0 amide bonds. The summed E-state index contributed by atoms with van der Waals surface area (Å²) < 4.78 is 36.8. The van der Waals surface area contributed by atoms with Crippen LogP contribution in [0.25, 0.3) is 0 Å². The third-order valence-electron chi connectivity index (χ3n) is 10.4. The number of hydrogen-bond acceptors (Lipinski definition) is 7. The van der Waals surface area contributed by atoms with Gasteiger partial charge < -0.3 is 33.5 Å². The Morgan fingerprint density at radius 2 is 1.97 bits per heavy atom. The zero-order valence-corrected chi connectivity index (χ0v) is 21.2. The Labute approximate surface area is 207 Å². The average Bonchev–Trinajstić information content (AvgIpc) is 3.46. The molecule has 35 heavy (non-hydrogen) atoms. The number of hydrogen-bond donors (Lipinski definition) is 1. The molecule has 11 atom stereocenters. The molecule has 192 valence electrons. The molecule has 4 heterocycles. The number of allylic oxidation sites excluding steroid dienone is 4. The molecule has 0 aromatic heterocycles. The highest BCUT2D eigenvalue weighted by molar-refractivity contribution is 5.48. The zero-order valence-electron chi connectivity index (χ0n) is 21.2. The highest BCUT2D eigenvalue weighted by Gasteiger charge is 2.72. The molecule has 4 saturated heterocycles. The van der Waals surface area contributed by atoms with Crippen molar-refractivity contribution in [3.63, 3.8) is 0 Å². The summed E-state index contributed by atoms with van der Waals surface area (Å²) in [6, 6.07) is 0. The van der Waals surface area contributed by atoms with Gasteiger partial charge in [-0.15, -0.1) is 0 Å². The predicted octanol–water partition coefficient (Wildman–Crippen LogP) is 3.62. The average molecular weight is 487 g/mol. The molecule has 0 unspecified atom stereocenters. The molecule has 7 nitrogen and oxygen atoms in total. The number of rotatable bonds is 3. The van der Waals surface area contributed by atoms with E-state index < -0.39 is 11.9 Å². The minimum atomic E-state index is -0.623. The van der Waals surface area contributed by atoms with Crippen LogP contribution in [-0.2, 0) is 28.4 Å². The third kappa shape index (κ3) is 3.06. The van der Waals surface area contributed by atoms with Gasteiger partial charge in [0, 0.05) is 13.5 Å². The lowest BCUT2D eigenvalue weighted by molar-refractivity contribution is -0.259. The lowest BCUT2D eigenvalue weighted by Gasteiger charge is -2.50. The lowest BCUT2D eigenvalue weighted by atomic mass is 9.54. The summed E-state index contributed by atoms with van der Waals surface area (Å²) in [6.07, 6.45) is 10.3. The quantitative estimate of drug-likeness (QED) is 0.653. The van der Waals surface area contributed by atoms with Crippen molar-refractivity contribution in [1.82, 2.24) is 0 Å². The van der Waals surface area contributed by atoms with E-state index in [0.717, 1.165) is 25.7 Å². The van der Waals surface area contributed by atoms with E-state index in [1.807, 2.05) is 6.92 Å². The molecule has 0 aromatic carbocycles. The van der Waals surface area contributed by atoms with E-state index in [1.165, 1.54) is 16.9 Å². The highest BCUT2D eigenvalue weighted by atomic mass is 16.7. The first-order chi connectivity index (χ1) is 16.8. The summed E-state index contributed by atoms with van der Waals surface area (Å²) in [5, 5.41) is 10.3. The summed E-state index contributed by atoms with van der Waals surface area (Å²) in [7, 11) is 1.64. The van der Waals surface area contributed by atoms with Crippen molar-refractivity contribution in [3.05, 3.63) is 35.1 Å². The molecule has 1 N–H and O–H groups in total. The van der Waals surface area contributed by atoms with Crippen molar-refractivity contribution in [2.45, 2.75) is 95.5 Å². The summed E-state index contributed by atoms with van der Waals surface area (Å²) in [6.45, 7) is 7.73. The van der Waals surface area contributed by atoms with Crippen molar-refractivity contribution >= 4 is 0 Å². The fraction of sp³-hybridized carbons (Fsp3) is 0.786. The van der Waals surface area contributed by atoms with Gasteiger partial charge in [0.25, 0.3) is 0 Å². The third-order valence-corrected chi connectivity index (χ3v) is 10.4. The van der Waals surface area contributed by atoms with Crippen molar-refractivity contribution in [2.75, 3.05) is 20.3 Å². The van der Waals surface area contributed by atoms with Crippen LogP contribution in [0.4, 0.5) is 0 Å². The summed E-state index contributed by atoms with van der Waals surface area (Å²) in [5.41, 5.74) is 2.80. The second-order valence-corrected chi connectivity index (χ2v) is 12.1. The molecule has 0 radical (unpaired) electrons. The van der Waals surface area contributed by atoms with Crippen molar-refractivity contribution in [2.24, 2.45) is 22.7 Å². The van der Waals surface area contributed by atoms with Crippen molar-refractivity contribution in [1.29, 1.82) is 0 Å². The van der Waals surface area contributed by atoms with Gasteiger partial charge in [0.1, 0.15) is 18.0 Å². The van der Waals surface area contributed by atoms with Gasteiger partial charge in [-0.2, -0.15) is 0 Å². The molecule has 4 fully saturated rings. The second kappa shape index (κ2) is 7.65. The van der Waals surface area contributed by atoms with Crippen LogP contribution in [0.1, 0.15) is 52.9 Å². The summed E-state index contributed by atoms with van der Waals surface area (Å²) in [5.74, 6) is 1.44. The van der Waals surface area contributed by atoms with Crippen LogP contribution in [0.3, 0.4) is 0 Å². The molecule has 1 spiro atoms. The number of fused-ring (bicyclic) bond motifs is 3. The van der Waals surface area contributed by atoms with Gasteiger partial charge in [0.2, 0.25) is 0 Å². The Bertz CT molecular complexity index is 1000. The van der Waals surface area contributed by atoms with Gasteiger partial charge in [-0.1, -0.05) is 25.2 Å². The molecule has 7 aliphatic rings. The summed E-state index contributed by atoms with van der Waals surface area (Å²) in [4.78, 5) is 0. The largest absolute Gasteiger partial charge is 0.491 e. The minimum Gasteiger partial charge on any atom is -0.491 e. The Morgan fingerprint density at radius 3 is 2.80 bits per heavy atom. The molecular weight excluding hydrogens is 448 g/mol. The number of ether oxygens (including phenoxy) is 6. The minimum absolute atomic E-state index is 0.0000131. The van der Waals surface area contributed by atoms with Crippen LogP contribution in [0.5, 0.6) is 0 Å². The normalized spacial score (nSPS) is 54.0. The standard InChI is InChI=1S/C28H38O7/c1-15-23(29)20(30-4)12-22(33-15)34-17-7-9-26(2)16(11-17)5-6-18-19(26)8-10-28-14-32-27(3)24(28)21(13-31-27)35-25(18)28/h5-6,11,15,17,19-24,29H,7-10,12-14H2,1-4H3/t15-,17+,19+,20+,21-,22+,23-,24-,26+,27-,28+/m1/s1. The van der Waals surface area contributed by atoms with Crippen LogP contribution in [0, 0.1) is 22.7 Å². The van der Waals surface area contributed by atoms with Crippen molar-refractivity contribution in [3.8, 4) is 0 Å². The molecule has 0 aromatic rings. The molecule has 0 saturated carbocycles. The predicted molar refractivity (Wildman–Crippen MR) is 126 cm³/mol. The molecular formula is C28H38O7. The van der Waals surface area contributed by atoms with E-state index >= 15 is 0 Å². The summed E-state index contributed by atoms with van der Waals surface area (Å²) >= 11 is 0. The van der Waals surface area contributed by atoms with Crippen molar-refractivity contribution < 1.29 is 33.5 Å². The lowest BCUT2D eigenvalue weighted by Crippen LogP contribution is -2.49. The monoisotopic (exact) mass is 486 g/mol. The Hall–Kier alpha value is -1.22. The van der Waals surface area contributed by atoms with Crippen LogP contribution >= 0.6 is 0 Å². The van der Waals surface area contributed by atoms with Gasteiger partial charge in [0.15, 0.2) is 12.1 Å². The van der Waals surface area contributed by atoms with Crippen LogP contribution in [0.2, 0.25) is 0 Å². The van der Waals surface area contributed by atoms with Gasteiger partial charge in [0.05, 0.1) is 42.9 Å². The molecule has 7 heteroatoms. The fourth-order valence-corrected chi connectivity index (χ4v) is 8.46. The Morgan fingerprint density at radius 1 is 1.11 bits per heavy atom. The topological polar surface area (TPSA) is 75.6 Å². The Balaban J connectivity index is 1.16. The fourth-order valence-electron chi connectivity index (χ4n) is 8.46. The smallest absolute Gasteiger partial charge is 0.173 e. The van der Waals surface area contributed by atoms with Gasteiger partial charge in [-0.25, -0.2) is 0 Å². The van der Waals surface area contributed by atoms with Gasteiger partial charge in [-0.05, 0) is 62.0 Å². The van der Waals surface area contributed by atoms with E-state index in [2.05, 4.69) is 32.1 Å². The van der Waals surface area contributed by atoms with Gasteiger partial charge in [-0.3, -0.25) is 0 Å². The molecule has 0 bridgehead atoms. The maximum atomic E-state index is 10.3. The number of methoxy groups -OCH3 is 1. The first-order valence-electron chi connectivity index (χ1n) is 13.4. The van der Waals surface area contributed by atoms with E-state index in [9.17, 15) is 5.11 Å². The van der Waals surface area contributed by atoms with E-state index in [-0.39, 0.29) is 41.5 Å².